The molecule has 0 aromatic rings. The van der Waals surface area contributed by atoms with Crippen LogP contribution >= 0.6 is 0 Å². The molecule has 0 radical (unpaired) electrons. The molecule has 0 aromatic carbocycles. The largest absolute Gasteiger partial charge is 0.343 e. The van der Waals surface area contributed by atoms with Crippen LogP contribution in [0.15, 0.2) is 4.99 Å². The lowest BCUT2D eigenvalue weighted by Gasteiger charge is -2.41. The molecule has 0 amide bonds. The fourth-order valence-corrected chi connectivity index (χ4v) is 3.89. The van der Waals surface area contributed by atoms with Gasteiger partial charge in [-0.25, -0.2) is 0 Å². The summed E-state index contributed by atoms with van der Waals surface area (Å²) in [6.45, 7) is 13.8. The van der Waals surface area contributed by atoms with E-state index in [2.05, 4.69) is 37.5 Å². The van der Waals surface area contributed by atoms with Gasteiger partial charge in [0.15, 0.2) is 5.96 Å². The second kappa shape index (κ2) is 15.3. The summed E-state index contributed by atoms with van der Waals surface area (Å²) in [5, 5.41) is 0. The van der Waals surface area contributed by atoms with Crippen LogP contribution in [0.5, 0.6) is 0 Å². The molecule has 1 saturated carbocycles. The Hall–Kier alpha value is -0.730. The highest BCUT2D eigenvalue weighted by atomic mass is 15.4. The van der Waals surface area contributed by atoms with Crippen molar-refractivity contribution >= 4 is 5.96 Å². The first-order valence-electron chi connectivity index (χ1n) is 11.8. The molecule has 0 atom stereocenters. The maximum Gasteiger partial charge on any atom is 0.196 e. The third-order valence-corrected chi connectivity index (χ3v) is 5.64. The number of hydrogen-bond acceptors (Lipinski definition) is 1. The highest BCUT2D eigenvalue weighted by Gasteiger charge is 2.26. The number of nitrogens with zero attached hydrogens (tertiary/aromatic N) is 3. The zero-order chi connectivity index (χ0) is 19.0. The van der Waals surface area contributed by atoms with Gasteiger partial charge in [0.25, 0.3) is 0 Å². The van der Waals surface area contributed by atoms with Gasteiger partial charge in [-0.1, -0.05) is 72.6 Å². The van der Waals surface area contributed by atoms with Crippen LogP contribution in [0.3, 0.4) is 0 Å². The summed E-state index contributed by atoms with van der Waals surface area (Å²) < 4.78 is 0. The average molecular weight is 366 g/mol. The molecule has 0 bridgehead atoms. The van der Waals surface area contributed by atoms with Crippen molar-refractivity contribution in [2.24, 2.45) is 4.99 Å². The molecule has 0 saturated heterocycles. The minimum Gasteiger partial charge on any atom is -0.343 e. The Morgan fingerprint density at radius 2 is 1.27 bits per heavy atom. The van der Waals surface area contributed by atoms with Crippen molar-refractivity contribution < 1.29 is 0 Å². The van der Waals surface area contributed by atoms with E-state index >= 15 is 0 Å². The van der Waals surface area contributed by atoms with Crippen LogP contribution in [0.4, 0.5) is 0 Å². The van der Waals surface area contributed by atoms with Crippen molar-refractivity contribution in [2.45, 2.75) is 117 Å². The summed E-state index contributed by atoms with van der Waals surface area (Å²) in [5.74, 6) is 1.35. The van der Waals surface area contributed by atoms with Crippen LogP contribution in [-0.4, -0.2) is 48.0 Å². The fraction of sp³-hybridized carbons (Fsp3) is 0.957. The second-order valence-corrected chi connectivity index (χ2v) is 8.07. The van der Waals surface area contributed by atoms with Gasteiger partial charge in [0.05, 0.1) is 0 Å². The van der Waals surface area contributed by atoms with Gasteiger partial charge in [0, 0.05) is 32.2 Å². The standard InChI is InChI=1S/C23H47N3/c1-5-9-18-24-23(25(19-10-6-2)20-11-7-3)26(21-12-8-4)22-16-14-13-15-17-22/h22H,5-21H2,1-4H3. The molecule has 0 aromatic heterocycles. The third kappa shape index (κ3) is 8.77. The average Bonchev–Trinajstić information content (AvgIpc) is 2.68. The minimum absolute atomic E-state index is 0.724. The Bertz CT molecular complexity index is 339. The number of unbranched alkanes of at least 4 members (excludes halogenated alkanes) is 4. The van der Waals surface area contributed by atoms with E-state index in [1.54, 1.807) is 0 Å². The van der Waals surface area contributed by atoms with Crippen molar-refractivity contribution in [1.29, 1.82) is 0 Å². The lowest BCUT2D eigenvalue weighted by Crippen LogP contribution is -2.51. The minimum atomic E-state index is 0.724. The van der Waals surface area contributed by atoms with E-state index in [1.807, 2.05) is 0 Å². The number of aliphatic imine (C=N–C) groups is 1. The molecule has 1 aliphatic carbocycles. The van der Waals surface area contributed by atoms with Gasteiger partial charge in [-0.05, 0) is 38.5 Å². The van der Waals surface area contributed by atoms with Crippen LogP contribution in [0.25, 0.3) is 0 Å². The van der Waals surface area contributed by atoms with Crippen LogP contribution in [0, 0.1) is 0 Å². The molecule has 3 nitrogen and oxygen atoms in total. The monoisotopic (exact) mass is 365 g/mol. The van der Waals surface area contributed by atoms with Crippen LogP contribution < -0.4 is 0 Å². The van der Waals surface area contributed by atoms with Gasteiger partial charge in [0.1, 0.15) is 0 Å². The second-order valence-electron chi connectivity index (χ2n) is 8.07. The lowest BCUT2D eigenvalue weighted by molar-refractivity contribution is 0.206. The molecule has 1 fully saturated rings. The molecule has 0 unspecified atom stereocenters. The summed E-state index contributed by atoms with van der Waals surface area (Å²) in [5.41, 5.74) is 0. The van der Waals surface area contributed by atoms with Gasteiger partial charge < -0.3 is 9.80 Å². The molecular formula is C23H47N3. The van der Waals surface area contributed by atoms with E-state index in [0.717, 1.165) is 12.6 Å². The zero-order valence-corrected chi connectivity index (χ0v) is 18.4. The predicted molar refractivity (Wildman–Crippen MR) is 117 cm³/mol. The van der Waals surface area contributed by atoms with E-state index in [4.69, 9.17) is 4.99 Å². The van der Waals surface area contributed by atoms with Crippen LogP contribution in [0.1, 0.15) is 111 Å². The first kappa shape index (κ1) is 23.3. The third-order valence-electron chi connectivity index (χ3n) is 5.64. The van der Waals surface area contributed by atoms with Crippen LogP contribution in [-0.2, 0) is 0 Å². The normalized spacial score (nSPS) is 16.1. The molecule has 3 heteroatoms. The molecule has 154 valence electrons. The van der Waals surface area contributed by atoms with Gasteiger partial charge in [-0.15, -0.1) is 0 Å². The Kier molecular flexibility index (Phi) is 13.8. The topological polar surface area (TPSA) is 18.8 Å². The van der Waals surface area contributed by atoms with E-state index < -0.39 is 0 Å². The summed E-state index contributed by atoms with van der Waals surface area (Å²) >= 11 is 0. The first-order chi connectivity index (χ1) is 12.8. The van der Waals surface area contributed by atoms with Crippen molar-refractivity contribution in [3.05, 3.63) is 0 Å². The molecular weight excluding hydrogens is 318 g/mol. The van der Waals surface area contributed by atoms with Gasteiger partial charge >= 0.3 is 0 Å². The Morgan fingerprint density at radius 3 is 1.81 bits per heavy atom. The maximum atomic E-state index is 5.22. The molecule has 1 rings (SSSR count). The molecule has 0 N–H and O–H groups in total. The summed E-state index contributed by atoms with van der Waals surface area (Å²) in [4.78, 5) is 10.6. The van der Waals surface area contributed by atoms with E-state index in [9.17, 15) is 0 Å². The van der Waals surface area contributed by atoms with Gasteiger partial charge in [-0.3, -0.25) is 4.99 Å². The van der Waals surface area contributed by atoms with Gasteiger partial charge in [-0.2, -0.15) is 0 Å². The van der Waals surface area contributed by atoms with Crippen molar-refractivity contribution in [2.75, 3.05) is 26.2 Å². The predicted octanol–water partition coefficient (Wildman–Crippen LogP) is 6.48. The SMILES string of the molecule is CCCCN=C(N(CCCC)CCCC)N(CCCC)C1CCCCC1. The number of rotatable bonds is 13. The summed E-state index contributed by atoms with van der Waals surface area (Å²) in [6, 6.07) is 0.724. The van der Waals surface area contributed by atoms with E-state index in [0.29, 0.717) is 0 Å². The summed E-state index contributed by atoms with van der Waals surface area (Å²) in [7, 11) is 0. The molecule has 0 spiro atoms. The Balaban J connectivity index is 3.01. The molecule has 0 heterocycles. The lowest BCUT2D eigenvalue weighted by atomic mass is 9.94. The smallest absolute Gasteiger partial charge is 0.196 e. The highest BCUT2D eigenvalue weighted by Crippen LogP contribution is 2.24. The number of guanidine groups is 1. The quantitative estimate of drug-likeness (QED) is 0.211. The Morgan fingerprint density at radius 1 is 0.731 bits per heavy atom. The first-order valence-corrected chi connectivity index (χ1v) is 11.8. The van der Waals surface area contributed by atoms with Crippen molar-refractivity contribution in [1.82, 2.24) is 9.80 Å². The maximum absolute atomic E-state index is 5.22. The zero-order valence-electron chi connectivity index (χ0n) is 18.4. The van der Waals surface area contributed by atoms with Crippen molar-refractivity contribution in [3.63, 3.8) is 0 Å². The number of hydrogen-bond donors (Lipinski definition) is 0. The van der Waals surface area contributed by atoms with E-state index in [1.165, 1.54) is 109 Å². The molecule has 1 aliphatic rings. The van der Waals surface area contributed by atoms with Crippen LogP contribution in [0.2, 0.25) is 0 Å². The van der Waals surface area contributed by atoms with Crippen molar-refractivity contribution in [3.8, 4) is 0 Å². The fourth-order valence-electron chi connectivity index (χ4n) is 3.89. The van der Waals surface area contributed by atoms with Gasteiger partial charge in [0.2, 0.25) is 0 Å². The van der Waals surface area contributed by atoms with E-state index in [-0.39, 0.29) is 0 Å². The molecule has 26 heavy (non-hydrogen) atoms. The summed E-state index contributed by atoms with van der Waals surface area (Å²) in [6.07, 6.45) is 17.1. The molecule has 0 aliphatic heterocycles. The highest BCUT2D eigenvalue weighted by molar-refractivity contribution is 5.80. The Labute approximate surface area is 164 Å².